The molecule has 1 aromatic carbocycles. The van der Waals surface area contributed by atoms with Crippen molar-refractivity contribution in [3.05, 3.63) is 28.8 Å². The Morgan fingerprint density at radius 2 is 1.84 bits per heavy atom. The first-order valence-corrected chi connectivity index (χ1v) is 6.40. The molecule has 0 aromatic heterocycles. The number of methoxy groups -OCH3 is 2. The molecule has 104 valence electrons. The van der Waals surface area contributed by atoms with Gasteiger partial charge in [-0.15, -0.1) is 0 Å². The molecule has 19 heavy (non-hydrogen) atoms. The third-order valence-corrected chi connectivity index (χ3v) is 3.05. The third kappa shape index (κ3) is 4.91. The predicted molar refractivity (Wildman–Crippen MR) is 72.8 cm³/mol. The second-order valence-electron chi connectivity index (χ2n) is 4.05. The van der Waals surface area contributed by atoms with Crippen molar-refractivity contribution in [1.29, 1.82) is 0 Å². The lowest BCUT2D eigenvalue weighted by Crippen LogP contribution is -2.03. The van der Waals surface area contributed by atoms with Crippen LogP contribution < -0.4 is 4.74 Å². The maximum atomic E-state index is 11.9. The van der Waals surface area contributed by atoms with Crippen molar-refractivity contribution in [3.8, 4) is 5.75 Å². The lowest BCUT2D eigenvalue weighted by atomic mass is 10.0. The smallest absolute Gasteiger partial charge is 0.305 e. The first kappa shape index (κ1) is 15.5. The van der Waals surface area contributed by atoms with Gasteiger partial charge in [-0.3, -0.25) is 9.59 Å². The molecule has 0 heterocycles. The maximum Gasteiger partial charge on any atom is 0.305 e. The summed E-state index contributed by atoms with van der Waals surface area (Å²) in [6.45, 7) is 0. The SMILES string of the molecule is COC(=O)CCCCC(=O)c1ccc(OC)cc1Cl. The van der Waals surface area contributed by atoms with Crippen molar-refractivity contribution in [3.63, 3.8) is 0 Å². The minimum atomic E-state index is -0.255. The highest BCUT2D eigenvalue weighted by Crippen LogP contribution is 2.24. The minimum absolute atomic E-state index is 0.0301. The Morgan fingerprint density at radius 3 is 2.42 bits per heavy atom. The van der Waals surface area contributed by atoms with Crippen LogP contribution in [0.25, 0.3) is 0 Å². The molecule has 0 fully saturated rings. The summed E-state index contributed by atoms with van der Waals surface area (Å²) >= 11 is 6.01. The number of hydrogen-bond acceptors (Lipinski definition) is 4. The summed E-state index contributed by atoms with van der Waals surface area (Å²) in [5, 5.41) is 0.386. The first-order chi connectivity index (χ1) is 9.08. The van der Waals surface area contributed by atoms with Crippen molar-refractivity contribution in [2.24, 2.45) is 0 Å². The normalized spacial score (nSPS) is 10.1. The average Bonchev–Trinajstić information content (AvgIpc) is 2.42. The van der Waals surface area contributed by atoms with Gasteiger partial charge in [0.2, 0.25) is 0 Å². The molecule has 0 spiro atoms. The largest absolute Gasteiger partial charge is 0.497 e. The summed E-state index contributed by atoms with van der Waals surface area (Å²) in [4.78, 5) is 22.8. The molecule has 0 radical (unpaired) electrons. The number of halogens is 1. The van der Waals surface area contributed by atoms with E-state index in [9.17, 15) is 9.59 Å². The van der Waals surface area contributed by atoms with Crippen LogP contribution in [-0.4, -0.2) is 26.0 Å². The first-order valence-electron chi connectivity index (χ1n) is 6.02. The molecule has 0 N–H and O–H groups in total. The number of benzene rings is 1. The fourth-order valence-corrected chi connectivity index (χ4v) is 1.92. The molecule has 0 saturated carbocycles. The van der Waals surface area contributed by atoms with E-state index in [4.69, 9.17) is 16.3 Å². The van der Waals surface area contributed by atoms with Gasteiger partial charge < -0.3 is 9.47 Å². The fraction of sp³-hybridized carbons (Fsp3) is 0.429. The van der Waals surface area contributed by atoms with E-state index in [1.165, 1.54) is 7.11 Å². The van der Waals surface area contributed by atoms with E-state index in [0.29, 0.717) is 42.0 Å². The zero-order valence-corrected chi connectivity index (χ0v) is 11.8. The highest BCUT2D eigenvalue weighted by atomic mass is 35.5. The molecule has 1 aromatic rings. The summed E-state index contributed by atoms with van der Waals surface area (Å²) < 4.78 is 9.55. The number of esters is 1. The highest BCUT2D eigenvalue weighted by Gasteiger charge is 2.11. The zero-order valence-electron chi connectivity index (χ0n) is 11.1. The number of hydrogen-bond donors (Lipinski definition) is 0. The van der Waals surface area contributed by atoms with Crippen LogP contribution in [-0.2, 0) is 9.53 Å². The van der Waals surface area contributed by atoms with E-state index in [1.807, 2.05) is 0 Å². The van der Waals surface area contributed by atoms with E-state index in [0.717, 1.165) is 0 Å². The van der Waals surface area contributed by atoms with Crippen LogP contribution in [0.4, 0.5) is 0 Å². The molecule has 0 aliphatic heterocycles. The molecular formula is C14H17ClO4. The Labute approximate surface area is 117 Å². The number of carbonyl (C=O) groups excluding carboxylic acids is 2. The molecule has 5 heteroatoms. The van der Waals surface area contributed by atoms with Crippen molar-refractivity contribution in [1.82, 2.24) is 0 Å². The van der Waals surface area contributed by atoms with E-state index < -0.39 is 0 Å². The van der Waals surface area contributed by atoms with Gasteiger partial charge in [0.25, 0.3) is 0 Å². The van der Waals surface area contributed by atoms with Crippen LogP contribution in [0.15, 0.2) is 18.2 Å². The van der Waals surface area contributed by atoms with Gasteiger partial charge in [-0.1, -0.05) is 11.6 Å². The standard InChI is InChI=1S/C14H17ClO4/c1-18-10-7-8-11(12(15)9-10)13(16)5-3-4-6-14(17)19-2/h7-9H,3-6H2,1-2H3. The summed E-state index contributed by atoms with van der Waals surface area (Å²) in [5.74, 6) is 0.333. The molecule has 0 unspecified atom stereocenters. The number of unbranched alkanes of at least 4 members (excludes halogenated alkanes) is 1. The Kier molecular flexibility index (Phi) is 6.36. The van der Waals surface area contributed by atoms with E-state index >= 15 is 0 Å². The lowest BCUT2D eigenvalue weighted by molar-refractivity contribution is -0.140. The zero-order chi connectivity index (χ0) is 14.3. The number of carbonyl (C=O) groups is 2. The third-order valence-electron chi connectivity index (χ3n) is 2.74. The van der Waals surface area contributed by atoms with Gasteiger partial charge in [0.1, 0.15) is 5.75 Å². The number of Topliss-reactive ketones (excluding diaryl/α,β-unsaturated/α-hetero) is 1. The van der Waals surface area contributed by atoms with Crippen LogP contribution in [0.5, 0.6) is 5.75 Å². The molecule has 0 bridgehead atoms. The number of rotatable bonds is 7. The quantitative estimate of drug-likeness (QED) is 0.438. The number of ketones is 1. The summed E-state index contributed by atoms with van der Waals surface area (Å²) in [5.41, 5.74) is 0.487. The summed E-state index contributed by atoms with van der Waals surface area (Å²) in [6, 6.07) is 4.97. The second-order valence-corrected chi connectivity index (χ2v) is 4.46. The molecule has 0 saturated heterocycles. The summed E-state index contributed by atoms with van der Waals surface area (Å²) in [7, 11) is 2.89. The molecule has 0 aliphatic rings. The average molecular weight is 285 g/mol. The Balaban J connectivity index is 2.47. The number of ether oxygens (including phenoxy) is 2. The second kappa shape index (κ2) is 7.79. The minimum Gasteiger partial charge on any atom is -0.497 e. The van der Waals surface area contributed by atoms with Gasteiger partial charge in [-0.25, -0.2) is 0 Å². The van der Waals surface area contributed by atoms with Gasteiger partial charge in [0.05, 0.1) is 19.2 Å². The maximum absolute atomic E-state index is 11.9. The van der Waals surface area contributed by atoms with Crippen LogP contribution in [0.1, 0.15) is 36.0 Å². The van der Waals surface area contributed by atoms with E-state index in [2.05, 4.69) is 4.74 Å². The monoisotopic (exact) mass is 284 g/mol. The Morgan fingerprint density at radius 1 is 1.16 bits per heavy atom. The van der Waals surface area contributed by atoms with E-state index in [-0.39, 0.29) is 11.8 Å². The van der Waals surface area contributed by atoms with Crippen molar-refractivity contribution in [2.75, 3.05) is 14.2 Å². The predicted octanol–water partition coefficient (Wildman–Crippen LogP) is 3.26. The highest BCUT2D eigenvalue weighted by molar-refractivity contribution is 6.34. The van der Waals surface area contributed by atoms with Gasteiger partial charge >= 0.3 is 5.97 Å². The molecule has 4 nitrogen and oxygen atoms in total. The van der Waals surface area contributed by atoms with Crippen LogP contribution in [0.2, 0.25) is 5.02 Å². The molecular weight excluding hydrogens is 268 g/mol. The van der Waals surface area contributed by atoms with Crippen LogP contribution in [0.3, 0.4) is 0 Å². The van der Waals surface area contributed by atoms with Crippen molar-refractivity contribution in [2.45, 2.75) is 25.7 Å². The summed E-state index contributed by atoms with van der Waals surface area (Å²) in [6.07, 6.45) is 1.96. The van der Waals surface area contributed by atoms with Gasteiger partial charge in [-0.05, 0) is 31.0 Å². The lowest BCUT2D eigenvalue weighted by Gasteiger charge is -2.06. The molecule has 0 atom stereocenters. The fourth-order valence-electron chi connectivity index (χ4n) is 1.64. The Hall–Kier alpha value is -1.55. The van der Waals surface area contributed by atoms with Crippen molar-refractivity contribution >= 4 is 23.4 Å². The van der Waals surface area contributed by atoms with Crippen LogP contribution in [0, 0.1) is 0 Å². The van der Waals surface area contributed by atoms with Crippen LogP contribution >= 0.6 is 11.6 Å². The molecule has 1 rings (SSSR count). The molecule has 0 aliphatic carbocycles. The Bertz CT molecular complexity index is 457. The van der Waals surface area contributed by atoms with Gasteiger partial charge in [0.15, 0.2) is 5.78 Å². The topological polar surface area (TPSA) is 52.6 Å². The van der Waals surface area contributed by atoms with E-state index in [1.54, 1.807) is 25.3 Å². The van der Waals surface area contributed by atoms with Crippen molar-refractivity contribution < 1.29 is 19.1 Å². The van der Waals surface area contributed by atoms with Gasteiger partial charge in [0, 0.05) is 18.4 Å². The molecule has 0 amide bonds. The van der Waals surface area contributed by atoms with Gasteiger partial charge in [-0.2, -0.15) is 0 Å².